The van der Waals surface area contributed by atoms with Gasteiger partial charge in [0.15, 0.2) is 0 Å². The van der Waals surface area contributed by atoms with Gasteiger partial charge >= 0.3 is 0 Å². The Morgan fingerprint density at radius 1 is 1.24 bits per heavy atom. The van der Waals surface area contributed by atoms with Crippen molar-refractivity contribution in [2.75, 3.05) is 26.2 Å². The van der Waals surface area contributed by atoms with Gasteiger partial charge in [-0.25, -0.2) is 5.10 Å². The van der Waals surface area contributed by atoms with E-state index in [2.05, 4.69) is 20.4 Å². The summed E-state index contributed by atoms with van der Waals surface area (Å²) < 4.78 is 0. The van der Waals surface area contributed by atoms with Crippen LogP contribution in [0.4, 0.5) is 0 Å². The molecular formula is C17H25N5O3. The second kappa shape index (κ2) is 7.77. The van der Waals surface area contributed by atoms with E-state index in [0.717, 1.165) is 51.9 Å². The lowest BCUT2D eigenvalue weighted by atomic mass is 10.1. The van der Waals surface area contributed by atoms with Crippen molar-refractivity contribution < 1.29 is 9.59 Å². The number of nitrogens with one attached hydrogen (secondary N) is 2. The molecule has 1 aromatic heterocycles. The van der Waals surface area contributed by atoms with Crippen LogP contribution in [0.1, 0.15) is 43.1 Å². The third-order valence-corrected chi connectivity index (χ3v) is 5.10. The van der Waals surface area contributed by atoms with Crippen molar-refractivity contribution in [2.24, 2.45) is 0 Å². The van der Waals surface area contributed by atoms with Crippen molar-refractivity contribution in [1.82, 2.24) is 25.3 Å². The summed E-state index contributed by atoms with van der Waals surface area (Å²) in [5.41, 5.74) is -0.116. The van der Waals surface area contributed by atoms with E-state index in [1.807, 2.05) is 11.8 Å². The third-order valence-electron chi connectivity index (χ3n) is 5.10. The number of aromatic nitrogens is 2. The number of likely N-dealkylation sites (N-methyl/N-ethyl adjacent to an activating group) is 1. The van der Waals surface area contributed by atoms with Gasteiger partial charge in [0.1, 0.15) is 5.69 Å². The molecule has 2 atom stereocenters. The summed E-state index contributed by atoms with van der Waals surface area (Å²) in [7, 11) is 0. The van der Waals surface area contributed by atoms with Crippen molar-refractivity contribution in [3.63, 3.8) is 0 Å². The first-order valence-electron chi connectivity index (χ1n) is 8.98. The molecule has 3 heterocycles. The minimum atomic E-state index is -0.330. The molecule has 8 heteroatoms. The first kappa shape index (κ1) is 17.6. The lowest BCUT2D eigenvalue weighted by molar-refractivity contribution is -0.132. The van der Waals surface area contributed by atoms with Crippen LogP contribution in [-0.2, 0) is 4.79 Å². The topological polar surface area (TPSA) is 98.4 Å². The molecule has 2 aliphatic rings. The highest BCUT2D eigenvalue weighted by Crippen LogP contribution is 2.21. The van der Waals surface area contributed by atoms with Crippen LogP contribution in [0, 0.1) is 0 Å². The predicted octanol–water partition coefficient (Wildman–Crippen LogP) is -0.0250. The van der Waals surface area contributed by atoms with Crippen molar-refractivity contribution in [2.45, 2.75) is 44.7 Å². The van der Waals surface area contributed by atoms with Crippen LogP contribution in [-0.4, -0.2) is 70.1 Å². The van der Waals surface area contributed by atoms with Gasteiger partial charge in [-0.3, -0.25) is 19.3 Å². The molecule has 0 radical (unpaired) electrons. The van der Waals surface area contributed by atoms with E-state index >= 15 is 0 Å². The number of rotatable bonds is 4. The summed E-state index contributed by atoms with van der Waals surface area (Å²) in [6.07, 6.45) is 3.53. The monoisotopic (exact) mass is 347 g/mol. The number of aromatic amines is 1. The van der Waals surface area contributed by atoms with E-state index in [1.54, 1.807) is 0 Å². The molecule has 3 rings (SSSR count). The van der Waals surface area contributed by atoms with E-state index in [4.69, 9.17) is 0 Å². The number of likely N-dealkylation sites (tertiary alicyclic amines) is 2. The van der Waals surface area contributed by atoms with Crippen molar-refractivity contribution in [3.05, 3.63) is 28.2 Å². The summed E-state index contributed by atoms with van der Waals surface area (Å²) in [5.74, 6) is -0.0359. The standard InChI is InChI=1S/C17H25N5O3/c1-2-21-11-8-14(17(21)25)22-9-3-4-12(7-10-22)18-16(24)13-5-6-15(23)20-19-13/h5-6,12,14H,2-4,7-11H2,1H3,(H,18,24)(H,20,23). The molecule has 2 N–H and O–H groups in total. The minimum Gasteiger partial charge on any atom is -0.348 e. The van der Waals surface area contributed by atoms with Crippen molar-refractivity contribution in [1.29, 1.82) is 0 Å². The molecule has 25 heavy (non-hydrogen) atoms. The fourth-order valence-electron chi connectivity index (χ4n) is 3.68. The number of hydrogen-bond acceptors (Lipinski definition) is 5. The second-order valence-corrected chi connectivity index (χ2v) is 6.67. The molecule has 0 spiro atoms. The molecule has 2 fully saturated rings. The Balaban J connectivity index is 1.55. The number of hydrogen-bond donors (Lipinski definition) is 2. The van der Waals surface area contributed by atoms with Crippen molar-refractivity contribution >= 4 is 11.8 Å². The predicted molar refractivity (Wildman–Crippen MR) is 92.2 cm³/mol. The summed E-state index contributed by atoms with van der Waals surface area (Å²) in [5, 5.41) is 9.03. The molecule has 8 nitrogen and oxygen atoms in total. The molecule has 1 aromatic rings. The molecule has 2 saturated heterocycles. The van der Waals surface area contributed by atoms with Gasteiger partial charge in [-0.2, -0.15) is 5.10 Å². The second-order valence-electron chi connectivity index (χ2n) is 6.67. The normalized spacial score (nSPS) is 25.0. The summed E-state index contributed by atoms with van der Waals surface area (Å²) >= 11 is 0. The fraction of sp³-hybridized carbons (Fsp3) is 0.647. The maximum absolute atomic E-state index is 12.4. The van der Waals surface area contributed by atoms with E-state index in [0.29, 0.717) is 0 Å². The van der Waals surface area contributed by atoms with Gasteiger partial charge in [-0.1, -0.05) is 0 Å². The molecule has 2 aliphatic heterocycles. The van der Waals surface area contributed by atoms with Gasteiger partial charge in [0.2, 0.25) is 5.91 Å². The molecule has 0 aromatic carbocycles. The van der Waals surface area contributed by atoms with Crippen LogP contribution in [0.3, 0.4) is 0 Å². The van der Waals surface area contributed by atoms with Crippen LogP contribution >= 0.6 is 0 Å². The molecule has 0 aliphatic carbocycles. The Bertz CT molecular complexity index is 669. The Labute approximate surface area is 146 Å². The zero-order chi connectivity index (χ0) is 17.8. The maximum Gasteiger partial charge on any atom is 0.271 e. The first-order chi connectivity index (χ1) is 12.1. The average Bonchev–Trinajstić information content (AvgIpc) is 2.83. The van der Waals surface area contributed by atoms with Crippen LogP contribution in [0.2, 0.25) is 0 Å². The number of amides is 2. The van der Waals surface area contributed by atoms with E-state index in [1.165, 1.54) is 12.1 Å². The van der Waals surface area contributed by atoms with Gasteiger partial charge < -0.3 is 10.2 Å². The van der Waals surface area contributed by atoms with Gasteiger partial charge in [0.05, 0.1) is 6.04 Å². The highest BCUT2D eigenvalue weighted by molar-refractivity contribution is 5.92. The largest absolute Gasteiger partial charge is 0.348 e. The van der Waals surface area contributed by atoms with Crippen LogP contribution in [0.25, 0.3) is 0 Å². The number of H-pyrrole nitrogens is 1. The van der Waals surface area contributed by atoms with Gasteiger partial charge in [0.25, 0.3) is 11.5 Å². The molecule has 0 saturated carbocycles. The summed E-state index contributed by atoms with van der Waals surface area (Å²) in [6.45, 7) is 5.32. The van der Waals surface area contributed by atoms with E-state index in [9.17, 15) is 14.4 Å². The van der Waals surface area contributed by atoms with Crippen LogP contribution in [0.5, 0.6) is 0 Å². The molecule has 2 unspecified atom stereocenters. The quantitative estimate of drug-likeness (QED) is 0.797. The Hall–Kier alpha value is -2.22. The average molecular weight is 347 g/mol. The first-order valence-corrected chi connectivity index (χ1v) is 8.98. The van der Waals surface area contributed by atoms with Crippen molar-refractivity contribution in [3.8, 4) is 0 Å². The Morgan fingerprint density at radius 3 is 2.76 bits per heavy atom. The summed E-state index contributed by atoms with van der Waals surface area (Å²) in [6, 6.07) is 2.77. The lowest BCUT2D eigenvalue weighted by Gasteiger charge is -2.26. The van der Waals surface area contributed by atoms with Gasteiger partial charge in [-0.15, -0.1) is 0 Å². The zero-order valence-electron chi connectivity index (χ0n) is 14.5. The van der Waals surface area contributed by atoms with E-state index in [-0.39, 0.29) is 35.2 Å². The highest BCUT2D eigenvalue weighted by Gasteiger charge is 2.35. The van der Waals surface area contributed by atoms with Gasteiger partial charge in [0, 0.05) is 31.7 Å². The third kappa shape index (κ3) is 4.07. The summed E-state index contributed by atoms with van der Waals surface area (Å²) in [4.78, 5) is 39.8. The highest BCUT2D eigenvalue weighted by atomic mass is 16.2. The SMILES string of the molecule is CCN1CCC(N2CCCC(NC(=O)c3ccc(=O)[nH]n3)CC2)C1=O. The van der Waals surface area contributed by atoms with Crippen LogP contribution < -0.4 is 10.9 Å². The number of nitrogens with zero attached hydrogens (tertiary/aromatic N) is 3. The lowest BCUT2D eigenvalue weighted by Crippen LogP contribution is -2.43. The molecular weight excluding hydrogens is 322 g/mol. The van der Waals surface area contributed by atoms with E-state index < -0.39 is 0 Å². The minimum absolute atomic E-state index is 0.00438. The zero-order valence-corrected chi connectivity index (χ0v) is 14.5. The smallest absolute Gasteiger partial charge is 0.271 e. The molecule has 136 valence electrons. The molecule has 0 bridgehead atoms. The fourth-order valence-corrected chi connectivity index (χ4v) is 3.68. The molecule has 2 amide bonds. The number of carbonyl (C=O) groups is 2. The Kier molecular flexibility index (Phi) is 5.47. The van der Waals surface area contributed by atoms with Gasteiger partial charge in [-0.05, 0) is 45.2 Å². The maximum atomic E-state index is 12.4. The number of carbonyl (C=O) groups excluding carboxylic acids is 2. The van der Waals surface area contributed by atoms with Crippen LogP contribution in [0.15, 0.2) is 16.9 Å². The Morgan fingerprint density at radius 2 is 2.08 bits per heavy atom.